The van der Waals surface area contributed by atoms with Crippen LogP contribution in [0.4, 0.5) is 0 Å². The first-order valence-electron chi connectivity index (χ1n) is 8.82. The molecular formula is C20H23NO4. The van der Waals surface area contributed by atoms with Crippen LogP contribution < -0.4 is 9.47 Å². The van der Waals surface area contributed by atoms with Crippen LogP contribution in [0.3, 0.4) is 0 Å². The number of phenolic OH excluding ortho intramolecular Hbond substituents is 2. The van der Waals surface area contributed by atoms with Crippen molar-refractivity contribution in [3.8, 4) is 23.0 Å². The Kier molecular flexibility index (Phi) is 4.40. The maximum absolute atomic E-state index is 9.95. The van der Waals surface area contributed by atoms with E-state index in [1.54, 1.807) is 18.2 Å². The number of aromatic hydroxyl groups is 2. The molecule has 5 nitrogen and oxygen atoms in total. The SMILES string of the molecule is Oc1cccc(C2CCCN(CC3COc4cccc(O)c4O3)C2)c1. The molecule has 0 radical (unpaired) electrons. The molecule has 0 amide bonds. The maximum atomic E-state index is 9.95. The monoisotopic (exact) mass is 341 g/mol. The lowest BCUT2D eigenvalue weighted by atomic mass is 9.90. The molecule has 0 spiro atoms. The van der Waals surface area contributed by atoms with E-state index in [1.165, 1.54) is 5.56 Å². The number of benzene rings is 2. The van der Waals surface area contributed by atoms with Crippen molar-refractivity contribution in [3.63, 3.8) is 0 Å². The average Bonchev–Trinajstić information content (AvgIpc) is 2.63. The van der Waals surface area contributed by atoms with Crippen LogP contribution in [0.1, 0.15) is 24.3 Å². The molecule has 2 atom stereocenters. The van der Waals surface area contributed by atoms with Crippen LogP contribution in [-0.2, 0) is 0 Å². The van der Waals surface area contributed by atoms with Crippen LogP contribution in [-0.4, -0.2) is 47.5 Å². The van der Waals surface area contributed by atoms with Crippen LogP contribution in [0.15, 0.2) is 42.5 Å². The number of nitrogens with zero attached hydrogens (tertiary/aromatic N) is 1. The molecule has 2 aromatic carbocycles. The third-order valence-electron chi connectivity index (χ3n) is 4.98. The van der Waals surface area contributed by atoms with Gasteiger partial charge in [-0.3, -0.25) is 4.90 Å². The van der Waals surface area contributed by atoms with Crippen molar-refractivity contribution in [1.82, 2.24) is 4.90 Å². The Hall–Kier alpha value is -2.40. The van der Waals surface area contributed by atoms with Crippen molar-refractivity contribution < 1.29 is 19.7 Å². The van der Waals surface area contributed by atoms with E-state index in [1.807, 2.05) is 18.2 Å². The fraction of sp³-hybridized carbons (Fsp3) is 0.400. The number of phenols is 2. The third-order valence-corrected chi connectivity index (χ3v) is 4.98. The standard InChI is InChI=1S/C20H23NO4/c22-16-6-1-4-14(10-16)15-5-3-9-21(11-15)12-17-13-24-19-8-2-7-18(23)20(19)25-17/h1-2,4,6-8,10,15,17,22-23H,3,5,9,11-13H2. The number of para-hydroxylation sites is 1. The van der Waals surface area contributed by atoms with E-state index >= 15 is 0 Å². The lowest BCUT2D eigenvalue weighted by molar-refractivity contribution is 0.0480. The minimum absolute atomic E-state index is 0.0938. The molecular weight excluding hydrogens is 318 g/mol. The molecule has 2 aliphatic heterocycles. The Morgan fingerprint density at radius 2 is 2.00 bits per heavy atom. The predicted molar refractivity (Wildman–Crippen MR) is 94.5 cm³/mol. The van der Waals surface area contributed by atoms with Crippen molar-refractivity contribution in [1.29, 1.82) is 0 Å². The highest BCUT2D eigenvalue weighted by molar-refractivity contribution is 5.51. The van der Waals surface area contributed by atoms with Gasteiger partial charge in [0.25, 0.3) is 0 Å². The van der Waals surface area contributed by atoms with Gasteiger partial charge in [-0.25, -0.2) is 0 Å². The molecule has 5 heteroatoms. The molecule has 0 aliphatic carbocycles. The fourth-order valence-corrected chi connectivity index (χ4v) is 3.77. The first-order chi connectivity index (χ1) is 12.2. The minimum Gasteiger partial charge on any atom is -0.508 e. The smallest absolute Gasteiger partial charge is 0.203 e. The van der Waals surface area contributed by atoms with E-state index in [4.69, 9.17) is 9.47 Å². The van der Waals surface area contributed by atoms with Gasteiger partial charge in [0, 0.05) is 13.1 Å². The second kappa shape index (κ2) is 6.84. The second-order valence-corrected chi connectivity index (χ2v) is 6.85. The lowest BCUT2D eigenvalue weighted by Crippen LogP contribution is -2.44. The van der Waals surface area contributed by atoms with Crippen LogP contribution in [0.2, 0.25) is 0 Å². The molecule has 25 heavy (non-hydrogen) atoms. The highest BCUT2D eigenvalue weighted by atomic mass is 16.6. The summed E-state index contributed by atoms with van der Waals surface area (Å²) in [4.78, 5) is 2.39. The van der Waals surface area contributed by atoms with Gasteiger partial charge in [0.05, 0.1) is 0 Å². The van der Waals surface area contributed by atoms with Crippen LogP contribution >= 0.6 is 0 Å². The summed E-state index contributed by atoms with van der Waals surface area (Å²) in [5.41, 5.74) is 1.19. The van der Waals surface area contributed by atoms with Gasteiger partial charge in [0.1, 0.15) is 18.5 Å². The molecule has 2 unspecified atom stereocenters. The Morgan fingerprint density at radius 1 is 1.12 bits per heavy atom. The molecule has 1 fully saturated rings. The summed E-state index contributed by atoms with van der Waals surface area (Å²) in [6.07, 6.45) is 2.16. The van der Waals surface area contributed by atoms with Crippen molar-refractivity contribution in [3.05, 3.63) is 48.0 Å². The normalized spacial score (nSPS) is 23.4. The summed E-state index contributed by atoms with van der Waals surface area (Å²) in [5, 5.41) is 19.7. The molecule has 2 heterocycles. The quantitative estimate of drug-likeness (QED) is 0.898. The van der Waals surface area contributed by atoms with Gasteiger partial charge in [-0.15, -0.1) is 0 Å². The van der Waals surface area contributed by atoms with Crippen LogP contribution in [0, 0.1) is 0 Å². The van der Waals surface area contributed by atoms with Gasteiger partial charge < -0.3 is 19.7 Å². The summed E-state index contributed by atoms with van der Waals surface area (Å²) >= 11 is 0. The van der Waals surface area contributed by atoms with E-state index in [0.717, 1.165) is 32.5 Å². The van der Waals surface area contributed by atoms with Gasteiger partial charge in [-0.1, -0.05) is 18.2 Å². The number of rotatable bonds is 3. The van der Waals surface area contributed by atoms with Crippen molar-refractivity contribution in [2.24, 2.45) is 0 Å². The summed E-state index contributed by atoms with van der Waals surface area (Å²) in [6.45, 7) is 3.23. The summed E-state index contributed by atoms with van der Waals surface area (Å²) in [5.74, 6) is 1.92. The lowest BCUT2D eigenvalue weighted by Gasteiger charge is -2.36. The zero-order valence-corrected chi connectivity index (χ0v) is 14.1. The Labute approximate surface area is 147 Å². The fourth-order valence-electron chi connectivity index (χ4n) is 3.77. The molecule has 0 saturated carbocycles. The highest BCUT2D eigenvalue weighted by Gasteiger charge is 2.28. The molecule has 1 saturated heterocycles. The highest BCUT2D eigenvalue weighted by Crippen LogP contribution is 2.39. The number of fused-ring (bicyclic) bond motifs is 1. The van der Waals surface area contributed by atoms with Crippen LogP contribution in [0.25, 0.3) is 0 Å². The number of ether oxygens (including phenoxy) is 2. The largest absolute Gasteiger partial charge is 0.508 e. The van der Waals surface area contributed by atoms with Crippen molar-refractivity contribution in [2.75, 3.05) is 26.2 Å². The third kappa shape index (κ3) is 3.51. The van der Waals surface area contributed by atoms with E-state index in [2.05, 4.69) is 11.0 Å². The molecule has 2 aromatic rings. The van der Waals surface area contributed by atoms with E-state index in [-0.39, 0.29) is 11.9 Å². The minimum atomic E-state index is -0.0938. The number of likely N-dealkylation sites (tertiary alicyclic amines) is 1. The first kappa shape index (κ1) is 16.1. The predicted octanol–water partition coefficient (Wildman–Crippen LogP) is 3.12. The summed E-state index contributed by atoms with van der Waals surface area (Å²) < 4.78 is 11.7. The topological polar surface area (TPSA) is 62.2 Å². The number of hydrogen-bond acceptors (Lipinski definition) is 5. The van der Waals surface area contributed by atoms with E-state index < -0.39 is 0 Å². The first-order valence-corrected chi connectivity index (χ1v) is 8.82. The average molecular weight is 341 g/mol. The number of hydrogen-bond donors (Lipinski definition) is 2. The molecule has 0 aromatic heterocycles. The van der Waals surface area contributed by atoms with Gasteiger partial charge in [0.2, 0.25) is 5.75 Å². The summed E-state index contributed by atoms with van der Waals surface area (Å²) in [7, 11) is 0. The Balaban J connectivity index is 1.41. The van der Waals surface area contributed by atoms with Crippen molar-refractivity contribution in [2.45, 2.75) is 24.9 Å². The van der Waals surface area contributed by atoms with Crippen molar-refractivity contribution >= 4 is 0 Å². The van der Waals surface area contributed by atoms with E-state index in [0.29, 0.717) is 29.8 Å². The zero-order valence-electron chi connectivity index (χ0n) is 14.1. The molecule has 4 rings (SSSR count). The summed E-state index contributed by atoms with van der Waals surface area (Å²) in [6, 6.07) is 12.7. The van der Waals surface area contributed by atoms with E-state index in [9.17, 15) is 10.2 Å². The Bertz CT molecular complexity index is 748. The zero-order chi connectivity index (χ0) is 17.2. The van der Waals surface area contributed by atoms with Gasteiger partial charge >= 0.3 is 0 Å². The second-order valence-electron chi connectivity index (χ2n) is 6.85. The Morgan fingerprint density at radius 3 is 2.88 bits per heavy atom. The van der Waals surface area contributed by atoms with Gasteiger partial charge in [-0.05, 0) is 55.1 Å². The van der Waals surface area contributed by atoms with Gasteiger partial charge in [0.15, 0.2) is 11.5 Å². The number of piperidine rings is 1. The molecule has 2 aliphatic rings. The molecule has 132 valence electrons. The maximum Gasteiger partial charge on any atom is 0.203 e. The molecule has 2 N–H and O–H groups in total. The van der Waals surface area contributed by atoms with Gasteiger partial charge in [-0.2, -0.15) is 0 Å². The van der Waals surface area contributed by atoms with Crippen LogP contribution in [0.5, 0.6) is 23.0 Å². The molecule has 0 bridgehead atoms.